The van der Waals surface area contributed by atoms with Gasteiger partial charge >= 0.3 is 0 Å². The van der Waals surface area contributed by atoms with Crippen molar-refractivity contribution in [2.24, 2.45) is 0 Å². The summed E-state index contributed by atoms with van der Waals surface area (Å²) in [6.45, 7) is 0.307. The Kier molecular flexibility index (Phi) is 2.00. The summed E-state index contributed by atoms with van der Waals surface area (Å²) in [6, 6.07) is 7.83. The fourth-order valence-electron chi connectivity index (χ4n) is 1.48. The van der Waals surface area contributed by atoms with E-state index in [9.17, 15) is 0 Å². The number of nitrogens with one attached hydrogen (secondary N) is 1. The summed E-state index contributed by atoms with van der Waals surface area (Å²) in [6.07, 6.45) is 0. The Bertz CT molecular complexity index is 559. The van der Waals surface area contributed by atoms with Gasteiger partial charge in [-0.15, -0.1) is 0 Å². The molecule has 1 N–H and O–H groups in total. The van der Waals surface area contributed by atoms with Gasteiger partial charge in [-0.3, -0.25) is 0 Å². The number of aromatic amines is 1. The van der Waals surface area contributed by atoms with E-state index < -0.39 is 0 Å². The first-order valence-electron chi connectivity index (χ1n) is 4.41. The van der Waals surface area contributed by atoms with E-state index in [1.165, 1.54) is 11.5 Å². The third kappa shape index (κ3) is 1.53. The molecule has 76 valence electrons. The zero-order valence-electron chi connectivity index (χ0n) is 7.65. The van der Waals surface area contributed by atoms with Gasteiger partial charge in [-0.05, 0) is 29.8 Å². The van der Waals surface area contributed by atoms with Gasteiger partial charge in [0.15, 0.2) is 11.5 Å². The minimum Gasteiger partial charge on any atom is -0.454 e. The summed E-state index contributed by atoms with van der Waals surface area (Å²) >= 11 is 6.55. The van der Waals surface area contributed by atoms with E-state index in [4.69, 9.17) is 21.7 Å². The summed E-state index contributed by atoms with van der Waals surface area (Å²) in [5.74, 6) is 1.60. The van der Waals surface area contributed by atoms with Gasteiger partial charge in [-0.25, -0.2) is 0 Å². The maximum absolute atomic E-state index is 5.31. The minimum atomic E-state index is 0.307. The van der Waals surface area contributed by atoms with Crippen LogP contribution < -0.4 is 9.47 Å². The molecular weight excluding hydrogens is 230 g/mol. The van der Waals surface area contributed by atoms with Gasteiger partial charge in [0, 0.05) is 0 Å². The van der Waals surface area contributed by atoms with Crippen molar-refractivity contribution < 1.29 is 9.47 Å². The first-order valence-corrected chi connectivity index (χ1v) is 5.64. The first-order chi connectivity index (χ1) is 7.33. The van der Waals surface area contributed by atoms with Crippen LogP contribution in [-0.4, -0.2) is 11.2 Å². The molecule has 3 rings (SSSR count). The van der Waals surface area contributed by atoms with E-state index in [-0.39, 0.29) is 0 Å². The van der Waals surface area contributed by atoms with Crippen LogP contribution in [0.2, 0.25) is 0 Å². The van der Waals surface area contributed by atoms with Gasteiger partial charge in [0.05, 0.1) is 4.88 Å². The first kappa shape index (κ1) is 8.94. The second-order valence-electron chi connectivity index (χ2n) is 3.15. The van der Waals surface area contributed by atoms with Crippen LogP contribution in [0.4, 0.5) is 0 Å². The summed E-state index contributed by atoms with van der Waals surface area (Å²) in [5.41, 5.74) is 1.09. The fraction of sp³-hybridized carbons (Fsp3) is 0.100. The predicted molar refractivity (Wildman–Crippen MR) is 61.1 cm³/mol. The van der Waals surface area contributed by atoms with Gasteiger partial charge in [-0.2, -0.15) is 0 Å². The molecule has 1 aromatic carbocycles. The normalized spacial score (nSPS) is 13.1. The topological polar surface area (TPSA) is 34.2 Å². The Morgan fingerprint density at radius 2 is 2.07 bits per heavy atom. The lowest BCUT2D eigenvalue weighted by Gasteiger charge is -1.98. The second kappa shape index (κ2) is 3.36. The van der Waals surface area contributed by atoms with Crippen LogP contribution in [0.3, 0.4) is 0 Å². The number of ether oxygens (including phenoxy) is 2. The molecule has 0 saturated carbocycles. The van der Waals surface area contributed by atoms with Gasteiger partial charge in [0.2, 0.25) is 6.79 Å². The molecule has 0 atom stereocenters. The Hall–Kier alpha value is -1.33. The lowest BCUT2D eigenvalue weighted by atomic mass is 10.2. The molecule has 0 amide bonds. The van der Waals surface area contributed by atoms with Crippen LogP contribution in [-0.2, 0) is 0 Å². The highest BCUT2D eigenvalue weighted by Gasteiger charge is 2.14. The van der Waals surface area contributed by atoms with E-state index in [1.54, 1.807) is 0 Å². The molecule has 0 radical (unpaired) electrons. The zero-order chi connectivity index (χ0) is 10.3. The standard InChI is InChI=1S/C10H7NO2S2/c14-10-4-9(15-11-10)6-1-2-7-8(3-6)13-5-12-7/h1-4H,5H2,(H,11,14). The summed E-state index contributed by atoms with van der Waals surface area (Å²) in [7, 11) is 0. The Morgan fingerprint density at radius 1 is 1.20 bits per heavy atom. The Morgan fingerprint density at radius 3 is 2.87 bits per heavy atom. The zero-order valence-corrected chi connectivity index (χ0v) is 9.28. The lowest BCUT2D eigenvalue weighted by Crippen LogP contribution is -1.92. The third-order valence-corrected chi connectivity index (χ3v) is 3.43. The molecule has 2 aromatic rings. The average Bonchev–Trinajstić information content (AvgIpc) is 2.84. The molecule has 3 nitrogen and oxygen atoms in total. The molecule has 1 aliphatic heterocycles. The Balaban J connectivity index is 2.10. The molecular formula is C10H7NO2S2. The van der Waals surface area contributed by atoms with Crippen molar-refractivity contribution in [1.82, 2.24) is 4.37 Å². The number of rotatable bonds is 1. The van der Waals surface area contributed by atoms with Crippen molar-refractivity contribution >= 4 is 23.8 Å². The fourth-order valence-corrected chi connectivity index (χ4v) is 2.48. The summed E-state index contributed by atoms with van der Waals surface area (Å²) in [5, 5.41) is 0. The lowest BCUT2D eigenvalue weighted by molar-refractivity contribution is 0.174. The monoisotopic (exact) mass is 237 g/mol. The van der Waals surface area contributed by atoms with Gasteiger partial charge in [0.1, 0.15) is 4.64 Å². The molecule has 0 saturated heterocycles. The van der Waals surface area contributed by atoms with E-state index in [1.807, 2.05) is 24.3 Å². The Labute approximate surface area is 95.4 Å². The molecule has 1 aromatic heterocycles. The van der Waals surface area contributed by atoms with E-state index in [0.717, 1.165) is 26.6 Å². The third-order valence-electron chi connectivity index (χ3n) is 2.18. The SMILES string of the molecule is S=c1cc(-c2ccc3c(c2)OCO3)s[nH]1. The van der Waals surface area contributed by atoms with Gasteiger partial charge in [0.25, 0.3) is 0 Å². The molecule has 0 aliphatic carbocycles. The molecule has 15 heavy (non-hydrogen) atoms. The quantitative estimate of drug-likeness (QED) is 0.773. The number of hydrogen-bond acceptors (Lipinski definition) is 4. The minimum absolute atomic E-state index is 0.307. The smallest absolute Gasteiger partial charge is 0.231 e. The number of aromatic nitrogens is 1. The average molecular weight is 237 g/mol. The second-order valence-corrected chi connectivity index (χ2v) is 4.43. The van der Waals surface area contributed by atoms with Crippen molar-refractivity contribution in [3.05, 3.63) is 28.9 Å². The van der Waals surface area contributed by atoms with E-state index >= 15 is 0 Å². The summed E-state index contributed by atoms with van der Waals surface area (Å²) in [4.78, 5) is 1.11. The molecule has 0 fully saturated rings. The van der Waals surface area contributed by atoms with Crippen LogP contribution in [0.5, 0.6) is 11.5 Å². The summed E-state index contributed by atoms with van der Waals surface area (Å²) < 4.78 is 14.3. The number of fused-ring (bicyclic) bond motifs is 1. The molecule has 0 spiro atoms. The van der Waals surface area contributed by atoms with Crippen molar-refractivity contribution in [2.75, 3.05) is 6.79 Å². The number of benzene rings is 1. The van der Waals surface area contributed by atoms with Crippen LogP contribution in [0.15, 0.2) is 24.3 Å². The van der Waals surface area contributed by atoms with E-state index in [2.05, 4.69) is 4.37 Å². The van der Waals surface area contributed by atoms with Crippen LogP contribution in [0.25, 0.3) is 10.4 Å². The maximum Gasteiger partial charge on any atom is 0.231 e. The van der Waals surface area contributed by atoms with Crippen molar-refractivity contribution in [3.63, 3.8) is 0 Å². The van der Waals surface area contributed by atoms with Crippen molar-refractivity contribution in [1.29, 1.82) is 0 Å². The molecule has 1 aliphatic rings. The highest BCUT2D eigenvalue weighted by Crippen LogP contribution is 2.36. The largest absolute Gasteiger partial charge is 0.454 e. The highest BCUT2D eigenvalue weighted by molar-refractivity contribution is 7.71. The van der Waals surface area contributed by atoms with Crippen LogP contribution in [0, 0.1) is 4.64 Å². The van der Waals surface area contributed by atoms with Crippen LogP contribution in [0.1, 0.15) is 0 Å². The van der Waals surface area contributed by atoms with E-state index in [0.29, 0.717) is 6.79 Å². The van der Waals surface area contributed by atoms with Crippen molar-refractivity contribution in [2.45, 2.75) is 0 Å². The molecule has 0 unspecified atom stereocenters. The van der Waals surface area contributed by atoms with Crippen molar-refractivity contribution in [3.8, 4) is 21.9 Å². The number of H-pyrrole nitrogens is 1. The molecule has 5 heteroatoms. The molecule has 2 heterocycles. The highest BCUT2D eigenvalue weighted by atomic mass is 32.1. The maximum atomic E-state index is 5.31. The molecule has 0 bridgehead atoms. The van der Waals surface area contributed by atoms with Gasteiger partial charge in [-0.1, -0.05) is 23.8 Å². The predicted octanol–water partition coefficient (Wildman–Crippen LogP) is 3.20. The van der Waals surface area contributed by atoms with Gasteiger partial charge < -0.3 is 13.8 Å². The number of hydrogen-bond donors (Lipinski definition) is 1. The van der Waals surface area contributed by atoms with Crippen LogP contribution >= 0.6 is 23.8 Å².